The van der Waals surface area contributed by atoms with E-state index in [2.05, 4.69) is 0 Å². The summed E-state index contributed by atoms with van der Waals surface area (Å²) in [6.45, 7) is 1.92. The minimum absolute atomic E-state index is 0.0915. The van der Waals surface area contributed by atoms with Crippen LogP contribution in [0.2, 0.25) is 5.02 Å². The van der Waals surface area contributed by atoms with Crippen molar-refractivity contribution in [1.82, 2.24) is 0 Å². The van der Waals surface area contributed by atoms with E-state index >= 15 is 0 Å². The van der Waals surface area contributed by atoms with Crippen LogP contribution in [0.5, 0.6) is 5.75 Å². The Balaban J connectivity index is 3.19. The van der Waals surface area contributed by atoms with Gasteiger partial charge in [-0.05, 0) is 23.6 Å². The van der Waals surface area contributed by atoms with Crippen LogP contribution in [-0.2, 0) is 6.42 Å². The van der Waals surface area contributed by atoms with Gasteiger partial charge in [-0.15, -0.1) is 0 Å². The molecule has 1 atom stereocenters. The molecule has 0 aromatic heterocycles. The van der Waals surface area contributed by atoms with Gasteiger partial charge in [-0.2, -0.15) is 0 Å². The number of aliphatic hydroxyl groups is 1. The van der Waals surface area contributed by atoms with Gasteiger partial charge in [-0.3, -0.25) is 0 Å². The largest absolute Gasteiger partial charge is 0.495 e. The number of halogens is 1. The average Bonchev–Trinajstić information content (AvgIpc) is 2.26. The summed E-state index contributed by atoms with van der Waals surface area (Å²) in [5.74, 6) is 0.688. The zero-order valence-electron chi connectivity index (χ0n) is 8.96. The molecule has 0 aliphatic carbocycles. The van der Waals surface area contributed by atoms with Crippen LogP contribution < -0.4 is 10.5 Å². The number of hydrogen-bond acceptors (Lipinski definition) is 3. The van der Waals surface area contributed by atoms with Crippen LogP contribution in [-0.4, -0.2) is 18.8 Å². The highest BCUT2D eigenvalue weighted by Crippen LogP contribution is 2.32. The molecule has 0 amide bonds. The van der Waals surface area contributed by atoms with Gasteiger partial charge in [0.05, 0.1) is 24.8 Å². The summed E-state index contributed by atoms with van der Waals surface area (Å²) in [6.07, 6.45) is 0.814. The van der Waals surface area contributed by atoms with Gasteiger partial charge in [0.15, 0.2) is 0 Å². The summed E-state index contributed by atoms with van der Waals surface area (Å²) < 4.78 is 5.20. The summed E-state index contributed by atoms with van der Waals surface area (Å²) >= 11 is 6.05. The summed E-state index contributed by atoms with van der Waals surface area (Å²) in [6, 6.07) is 3.27. The zero-order chi connectivity index (χ0) is 11.4. The molecule has 0 aliphatic heterocycles. The molecule has 84 valence electrons. The maximum absolute atomic E-state index is 8.97. The molecule has 0 saturated heterocycles. The van der Waals surface area contributed by atoms with Crippen molar-refractivity contribution in [1.29, 1.82) is 0 Å². The van der Waals surface area contributed by atoms with Crippen LogP contribution in [0.3, 0.4) is 0 Å². The fraction of sp³-hybridized carbons (Fsp3) is 0.455. The van der Waals surface area contributed by atoms with Crippen molar-refractivity contribution in [2.24, 2.45) is 5.73 Å². The molecule has 0 heterocycles. The molecule has 15 heavy (non-hydrogen) atoms. The highest BCUT2D eigenvalue weighted by molar-refractivity contribution is 6.32. The van der Waals surface area contributed by atoms with Crippen LogP contribution in [0.15, 0.2) is 12.1 Å². The summed E-state index contributed by atoms with van der Waals surface area (Å²) in [4.78, 5) is 0. The molecular weight excluding hydrogens is 214 g/mol. The monoisotopic (exact) mass is 229 g/mol. The standard InChI is InChI=1S/C11H16ClNO2/c1-3-7-4-8(10(13)6-14)5-9(12)11(7)15-2/h4-5,10,14H,3,6,13H2,1-2H3. The topological polar surface area (TPSA) is 55.5 Å². The third-order valence-corrected chi connectivity index (χ3v) is 2.63. The van der Waals surface area contributed by atoms with Crippen molar-refractivity contribution >= 4 is 11.6 Å². The number of nitrogens with two attached hydrogens (primary N) is 1. The van der Waals surface area contributed by atoms with Gasteiger partial charge in [-0.25, -0.2) is 0 Å². The lowest BCUT2D eigenvalue weighted by molar-refractivity contribution is 0.268. The lowest BCUT2D eigenvalue weighted by atomic mass is 10.0. The van der Waals surface area contributed by atoms with Gasteiger partial charge < -0.3 is 15.6 Å². The molecule has 0 spiro atoms. The number of aryl methyl sites for hydroxylation is 1. The third kappa shape index (κ3) is 2.62. The fourth-order valence-electron chi connectivity index (χ4n) is 1.48. The molecule has 0 radical (unpaired) electrons. The van der Waals surface area contributed by atoms with Crippen molar-refractivity contribution in [3.63, 3.8) is 0 Å². The summed E-state index contributed by atoms with van der Waals surface area (Å²) in [5, 5.41) is 9.51. The Kier molecular flexibility index (Phi) is 4.39. The van der Waals surface area contributed by atoms with Gasteiger partial charge in [0.2, 0.25) is 0 Å². The molecule has 1 rings (SSSR count). The van der Waals surface area contributed by atoms with Gasteiger partial charge in [0.25, 0.3) is 0 Å². The predicted molar refractivity (Wildman–Crippen MR) is 61.4 cm³/mol. The minimum atomic E-state index is -0.390. The van der Waals surface area contributed by atoms with E-state index < -0.39 is 6.04 Å². The van der Waals surface area contributed by atoms with E-state index in [1.807, 2.05) is 13.0 Å². The second-order valence-corrected chi connectivity index (χ2v) is 3.74. The van der Waals surface area contributed by atoms with E-state index in [0.29, 0.717) is 10.8 Å². The molecule has 0 fully saturated rings. The summed E-state index contributed by atoms with van der Waals surface area (Å²) in [7, 11) is 1.59. The number of aliphatic hydroxyl groups excluding tert-OH is 1. The predicted octanol–water partition coefficient (Wildman–Crippen LogP) is 1.90. The lowest BCUT2D eigenvalue weighted by Crippen LogP contribution is -2.14. The Labute approximate surface area is 94.8 Å². The van der Waals surface area contributed by atoms with Crippen molar-refractivity contribution in [2.75, 3.05) is 13.7 Å². The Morgan fingerprint density at radius 3 is 2.67 bits per heavy atom. The van der Waals surface area contributed by atoms with E-state index in [-0.39, 0.29) is 6.61 Å². The number of benzene rings is 1. The molecule has 1 aromatic rings. The van der Waals surface area contributed by atoms with E-state index in [0.717, 1.165) is 17.5 Å². The SMILES string of the molecule is CCc1cc(C(N)CO)cc(Cl)c1OC. The Morgan fingerprint density at radius 1 is 1.53 bits per heavy atom. The second-order valence-electron chi connectivity index (χ2n) is 3.34. The average molecular weight is 230 g/mol. The number of rotatable bonds is 4. The molecule has 0 bridgehead atoms. The van der Waals surface area contributed by atoms with Crippen molar-refractivity contribution in [2.45, 2.75) is 19.4 Å². The number of methoxy groups -OCH3 is 1. The van der Waals surface area contributed by atoms with Gasteiger partial charge >= 0.3 is 0 Å². The Morgan fingerprint density at radius 2 is 2.20 bits per heavy atom. The van der Waals surface area contributed by atoms with Crippen molar-refractivity contribution in [3.8, 4) is 5.75 Å². The van der Waals surface area contributed by atoms with Gasteiger partial charge in [0, 0.05) is 0 Å². The van der Waals surface area contributed by atoms with Crippen molar-refractivity contribution < 1.29 is 9.84 Å². The Bertz CT molecular complexity index is 342. The third-order valence-electron chi connectivity index (χ3n) is 2.35. The highest BCUT2D eigenvalue weighted by Gasteiger charge is 2.12. The number of ether oxygens (including phenoxy) is 1. The van der Waals surface area contributed by atoms with Crippen LogP contribution in [0, 0.1) is 0 Å². The van der Waals surface area contributed by atoms with Crippen molar-refractivity contribution in [3.05, 3.63) is 28.3 Å². The summed E-state index contributed by atoms with van der Waals surface area (Å²) in [5.41, 5.74) is 7.57. The molecule has 0 saturated carbocycles. The molecule has 4 heteroatoms. The number of hydrogen-bond donors (Lipinski definition) is 2. The van der Waals surface area contributed by atoms with E-state index in [4.69, 9.17) is 27.2 Å². The fourth-order valence-corrected chi connectivity index (χ4v) is 1.81. The minimum Gasteiger partial charge on any atom is -0.495 e. The quantitative estimate of drug-likeness (QED) is 0.829. The van der Waals surface area contributed by atoms with Crippen LogP contribution >= 0.6 is 11.6 Å². The molecule has 3 nitrogen and oxygen atoms in total. The molecule has 1 aromatic carbocycles. The van der Waals surface area contributed by atoms with Crippen LogP contribution in [0.1, 0.15) is 24.1 Å². The van der Waals surface area contributed by atoms with Crippen LogP contribution in [0.4, 0.5) is 0 Å². The van der Waals surface area contributed by atoms with E-state index in [1.54, 1.807) is 13.2 Å². The first-order chi connectivity index (χ1) is 7.13. The lowest BCUT2D eigenvalue weighted by Gasteiger charge is -2.14. The normalized spacial score (nSPS) is 12.6. The van der Waals surface area contributed by atoms with Gasteiger partial charge in [0.1, 0.15) is 5.75 Å². The molecule has 1 unspecified atom stereocenters. The Hall–Kier alpha value is -0.770. The molecule has 0 aliphatic rings. The van der Waals surface area contributed by atoms with Gasteiger partial charge in [-0.1, -0.05) is 24.6 Å². The first kappa shape index (κ1) is 12.3. The first-order valence-electron chi connectivity index (χ1n) is 4.86. The molecular formula is C11H16ClNO2. The molecule has 3 N–H and O–H groups in total. The van der Waals surface area contributed by atoms with E-state index in [9.17, 15) is 0 Å². The first-order valence-corrected chi connectivity index (χ1v) is 5.24. The van der Waals surface area contributed by atoms with E-state index in [1.165, 1.54) is 0 Å². The highest BCUT2D eigenvalue weighted by atomic mass is 35.5. The zero-order valence-corrected chi connectivity index (χ0v) is 9.71. The maximum atomic E-state index is 8.97. The smallest absolute Gasteiger partial charge is 0.140 e. The van der Waals surface area contributed by atoms with Crippen LogP contribution in [0.25, 0.3) is 0 Å². The maximum Gasteiger partial charge on any atom is 0.140 e. The second kappa shape index (κ2) is 5.35.